The summed E-state index contributed by atoms with van der Waals surface area (Å²) < 4.78 is 9.62. The van der Waals surface area contributed by atoms with Gasteiger partial charge < -0.3 is 9.30 Å². The highest BCUT2D eigenvalue weighted by molar-refractivity contribution is 6.22. The van der Waals surface area contributed by atoms with Crippen LogP contribution >= 0.6 is 0 Å². The number of para-hydroxylation sites is 1. The van der Waals surface area contributed by atoms with Crippen LogP contribution in [0.25, 0.3) is 60.2 Å². The third kappa shape index (κ3) is 3.10. The van der Waals surface area contributed by atoms with Gasteiger partial charge in [0, 0.05) is 27.6 Å². The van der Waals surface area contributed by atoms with E-state index in [1.54, 1.807) is 0 Å². The van der Waals surface area contributed by atoms with Gasteiger partial charge in [0.1, 0.15) is 5.75 Å². The molecule has 8 aromatic carbocycles. The molecule has 0 amide bonds. The minimum absolute atomic E-state index is 0.516. The summed E-state index contributed by atoms with van der Waals surface area (Å²) in [7, 11) is 0. The highest BCUT2D eigenvalue weighted by Gasteiger charge is 2.51. The van der Waals surface area contributed by atoms with Crippen molar-refractivity contribution in [3.8, 4) is 28.3 Å². The molecule has 0 saturated heterocycles. The molecule has 0 fully saturated rings. The van der Waals surface area contributed by atoms with E-state index in [0.717, 1.165) is 22.7 Å². The van der Waals surface area contributed by atoms with E-state index >= 15 is 0 Å². The standard InChI is InChI=1S/C45H27NO/c1-2-13-30-27-31(23-21-28(30)11-1)46-40-26-22-29-12-3-4-14-32(29)42(40)35-24-25-39-44(43(35)46)47-41-20-10-9-19-38(41)45(39)36-17-7-5-15-33(36)34-16-6-8-18-37(34)45/h1-27H. The van der Waals surface area contributed by atoms with Gasteiger partial charge in [-0.05, 0) is 68.1 Å². The number of aromatic nitrogens is 1. The normalized spacial score (nSPS) is 13.9. The zero-order chi connectivity index (χ0) is 30.7. The van der Waals surface area contributed by atoms with E-state index in [9.17, 15) is 0 Å². The van der Waals surface area contributed by atoms with Crippen LogP contribution in [0.4, 0.5) is 0 Å². The van der Waals surface area contributed by atoms with Gasteiger partial charge in [-0.3, -0.25) is 0 Å². The molecule has 2 heteroatoms. The number of hydrogen-bond donors (Lipinski definition) is 0. The minimum Gasteiger partial charge on any atom is -0.454 e. The lowest BCUT2D eigenvalue weighted by Gasteiger charge is -2.39. The first-order valence-corrected chi connectivity index (χ1v) is 16.3. The van der Waals surface area contributed by atoms with Crippen LogP contribution in [0.5, 0.6) is 11.5 Å². The first kappa shape index (κ1) is 25.1. The fourth-order valence-electron chi connectivity index (χ4n) is 8.76. The van der Waals surface area contributed by atoms with Gasteiger partial charge in [0.25, 0.3) is 0 Å². The molecular formula is C45H27NO. The Kier molecular flexibility index (Phi) is 4.80. The fraction of sp³-hybridized carbons (Fsp3) is 0.0222. The molecule has 9 aromatic rings. The second-order valence-electron chi connectivity index (χ2n) is 12.8. The van der Waals surface area contributed by atoms with Crippen molar-refractivity contribution < 1.29 is 4.74 Å². The molecule has 1 aromatic heterocycles. The maximum absolute atomic E-state index is 7.18. The summed E-state index contributed by atoms with van der Waals surface area (Å²) in [6.07, 6.45) is 0. The first-order valence-electron chi connectivity index (χ1n) is 16.3. The lowest BCUT2D eigenvalue weighted by atomic mass is 9.66. The molecule has 218 valence electrons. The van der Waals surface area contributed by atoms with Crippen LogP contribution in [-0.2, 0) is 5.41 Å². The highest BCUT2D eigenvalue weighted by atomic mass is 16.5. The maximum Gasteiger partial charge on any atom is 0.156 e. The lowest BCUT2D eigenvalue weighted by Crippen LogP contribution is -2.32. The van der Waals surface area contributed by atoms with Crippen molar-refractivity contribution in [3.05, 3.63) is 186 Å². The van der Waals surface area contributed by atoms with Crippen LogP contribution in [0, 0.1) is 0 Å². The van der Waals surface area contributed by atoms with Crippen molar-refractivity contribution in [2.24, 2.45) is 0 Å². The predicted molar refractivity (Wildman–Crippen MR) is 193 cm³/mol. The molecule has 0 unspecified atom stereocenters. The number of hydrogen-bond acceptors (Lipinski definition) is 1. The van der Waals surface area contributed by atoms with Crippen molar-refractivity contribution in [2.75, 3.05) is 0 Å². The summed E-state index contributed by atoms with van der Waals surface area (Å²) in [5, 5.41) is 7.36. The quantitative estimate of drug-likeness (QED) is 0.184. The average molecular weight is 598 g/mol. The molecule has 2 nitrogen and oxygen atoms in total. The van der Waals surface area contributed by atoms with Crippen LogP contribution in [0.2, 0.25) is 0 Å². The van der Waals surface area contributed by atoms with Gasteiger partial charge >= 0.3 is 0 Å². The molecule has 0 atom stereocenters. The smallest absolute Gasteiger partial charge is 0.156 e. The fourth-order valence-corrected chi connectivity index (χ4v) is 8.76. The van der Waals surface area contributed by atoms with E-state index in [1.165, 1.54) is 71.2 Å². The summed E-state index contributed by atoms with van der Waals surface area (Å²) in [5.41, 5.74) is 10.4. The lowest BCUT2D eigenvalue weighted by molar-refractivity contribution is 0.440. The molecule has 47 heavy (non-hydrogen) atoms. The summed E-state index contributed by atoms with van der Waals surface area (Å²) >= 11 is 0. The molecule has 0 N–H and O–H groups in total. The van der Waals surface area contributed by atoms with Gasteiger partial charge in [-0.2, -0.15) is 0 Å². The van der Waals surface area contributed by atoms with Gasteiger partial charge in [-0.1, -0.05) is 140 Å². The van der Waals surface area contributed by atoms with Gasteiger partial charge in [-0.15, -0.1) is 0 Å². The zero-order valence-electron chi connectivity index (χ0n) is 25.4. The molecule has 1 aliphatic carbocycles. The number of ether oxygens (including phenoxy) is 1. The van der Waals surface area contributed by atoms with Crippen LogP contribution in [0.15, 0.2) is 164 Å². The average Bonchev–Trinajstić information content (AvgIpc) is 3.63. The van der Waals surface area contributed by atoms with Gasteiger partial charge in [0.05, 0.1) is 16.4 Å². The molecule has 11 rings (SSSR count). The molecule has 1 spiro atoms. The van der Waals surface area contributed by atoms with Crippen LogP contribution in [-0.4, -0.2) is 4.57 Å². The van der Waals surface area contributed by atoms with Crippen LogP contribution in [0.3, 0.4) is 0 Å². The van der Waals surface area contributed by atoms with Crippen molar-refractivity contribution in [3.63, 3.8) is 0 Å². The third-order valence-corrected chi connectivity index (χ3v) is 10.6. The first-order chi connectivity index (χ1) is 23.3. The molecule has 1 aliphatic heterocycles. The van der Waals surface area contributed by atoms with Crippen LogP contribution < -0.4 is 4.74 Å². The van der Waals surface area contributed by atoms with E-state index in [2.05, 4.69) is 168 Å². The second kappa shape index (κ2) is 8.99. The Labute approximate surface area is 271 Å². The number of benzene rings is 8. The third-order valence-electron chi connectivity index (χ3n) is 10.6. The SMILES string of the molecule is c1ccc2c(c1)Oc1c(ccc3c4c5ccccc5ccc4n(-c4ccc5ccccc5c4)c13)C21c2ccccc2-c2ccccc21. The molecule has 0 bridgehead atoms. The predicted octanol–water partition coefficient (Wildman–Crippen LogP) is 11.6. The molecule has 0 radical (unpaired) electrons. The van der Waals surface area contributed by atoms with E-state index in [4.69, 9.17) is 4.74 Å². The number of nitrogens with zero attached hydrogens (tertiary/aromatic N) is 1. The molecule has 2 heterocycles. The Morgan fingerprint density at radius 1 is 0.447 bits per heavy atom. The Balaban J connectivity index is 1.36. The minimum atomic E-state index is -0.516. The summed E-state index contributed by atoms with van der Waals surface area (Å²) in [4.78, 5) is 0. The molecule has 0 saturated carbocycles. The van der Waals surface area contributed by atoms with E-state index in [-0.39, 0.29) is 0 Å². The Morgan fingerprint density at radius 2 is 1.09 bits per heavy atom. The Hall–Kier alpha value is -6.12. The largest absolute Gasteiger partial charge is 0.454 e. The highest BCUT2D eigenvalue weighted by Crippen LogP contribution is 2.63. The van der Waals surface area contributed by atoms with Gasteiger partial charge in [0.2, 0.25) is 0 Å². The maximum atomic E-state index is 7.18. The molecular weight excluding hydrogens is 571 g/mol. The topological polar surface area (TPSA) is 14.2 Å². The van der Waals surface area contributed by atoms with Crippen LogP contribution in [0.1, 0.15) is 22.3 Å². The van der Waals surface area contributed by atoms with Gasteiger partial charge in [0.15, 0.2) is 5.75 Å². The van der Waals surface area contributed by atoms with E-state index < -0.39 is 5.41 Å². The van der Waals surface area contributed by atoms with E-state index in [1.807, 2.05) is 0 Å². The number of fused-ring (bicyclic) bond motifs is 16. The van der Waals surface area contributed by atoms with Crippen molar-refractivity contribution in [1.82, 2.24) is 4.57 Å². The van der Waals surface area contributed by atoms with Crippen molar-refractivity contribution >= 4 is 43.4 Å². The van der Waals surface area contributed by atoms with E-state index in [0.29, 0.717) is 0 Å². The van der Waals surface area contributed by atoms with Crippen molar-refractivity contribution in [2.45, 2.75) is 5.41 Å². The monoisotopic (exact) mass is 597 g/mol. The summed E-state index contributed by atoms with van der Waals surface area (Å²) in [5.74, 6) is 1.82. The Bertz CT molecular complexity index is 2740. The Morgan fingerprint density at radius 3 is 1.89 bits per heavy atom. The second-order valence-corrected chi connectivity index (χ2v) is 12.8. The zero-order valence-corrected chi connectivity index (χ0v) is 25.4. The molecule has 2 aliphatic rings. The van der Waals surface area contributed by atoms with Gasteiger partial charge in [-0.25, -0.2) is 0 Å². The van der Waals surface area contributed by atoms with Crippen molar-refractivity contribution in [1.29, 1.82) is 0 Å². The number of rotatable bonds is 1. The summed E-state index contributed by atoms with van der Waals surface area (Å²) in [6, 6.07) is 59.9. The summed E-state index contributed by atoms with van der Waals surface area (Å²) in [6.45, 7) is 0.